The van der Waals surface area contributed by atoms with Crippen LogP contribution in [0.4, 0.5) is 17.3 Å². The Morgan fingerprint density at radius 1 is 1.39 bits per heavy atom. The standard InChI is InChI=1S/C22H34N4O5/c1-14(2)16-7-6-15(3)13-19(16)31-12-10-23-21-17(26(29)30)8-9-20(24-21)25-11-4-5-18(25)22(27)28/h8-9,14-16,18-19H,4-7,10-13H2,1-3H3,(H,23,24)(H,27,28). The Morgan fingerprint density at radius 2 is 2.16 bits per heavy atom. The fourth-order valence-corrected chi connectivity index (χ4v) is 4.86. The lowest BCUT2D eigenvalue weighted by Crippen LogP contribution is -2.36. The third-order valence-corrected chi connectivity index (χ3v) is 6.58. The topological polar surface area (TPSA) is 118 Å². The van der Waals surface area contributed by atoms with Crippen molar-refractivity contribution in [3.8, 4) is 0 Å². The molecule has 9 heteroatoms. The molecule has 172 valence electrons. The van der Waals surface area contributed by atoms with Crippen LogP contribution in [0.2, 0.25) is 0 Å². The van der Waals surface area contributed by atoms with Crippen LogP contribution in [0.1, 0.15) is 52.9 Å². The molecule has 1 aromatic heterocycles. The summed E-state index contributed by atoms with van der Waals surface area (Å²) in [4.78, 5) is 28.6. The summed E-state index contributed by atoms with van der Waals surface area (Å²) in [6.07, 6.45) is 4.96. The molecule has 3 rings (SSSR count). The van der Waals surface area contributed by atoms with Crippen molar-refractivity contribution >= 4 is 23.3 Å². The molecule has 9 nitrogen and oxygen atoms in total. The normalized spacial score (nSPS) is 26.3. The number of pyridine rings is 1. The number of nitro groups is 1. The summed E-state index contributed by atoms with van der Waals surface area (Å²) in [5, 5.41) is 23.9. The molecule has 4 unspecified atom stereocenters. The SMILES string of the molecule is CC1CCC(C(C)C)C(OCCNc2nc(N3CCCC3C(=O)O)ccc2[N+](=O)[O-])C1. The Labute approximate surface area is 183 Å². The summed E-state index contributed by atoms with van der Waals surface area (Å²) in [6.45, 7) is 8.13. The van der Waals surface area contributed by atoms with Crippen molar-refractivity contribution in [3.05, 3.63) is 22.2 Å². The van der Waals surface area contributed by atoms with Crippen molar-refractivity contribution in [2.75, 3.05) is 29.9 Å². The Morgan fingerprint density at radius 3 is 2.84 bits per heavy atom. The summed E-state index contributed by atoms with van der Waals surface area (Å²) in [6, 6.07) is 2.27. The molecular weight excluding hydrogens is 400 g/mol. The highest BCUT2D eigenvalue weighted by molar-refractivity contribution is 5.79. The van der Waals surface area contributed by atoms with Gasteiger partial charge in [-0.3, -0.25) is 10.1 Å². The van der Waals surface area contributed by atoms with Crippen LogP contribution in [0.3, 0.4) is 0 Å². The molecule has 2 N–H and O–H groups in total. The van der Waals surface area contributed by atoms with Crippen LogP contribution in [0.5, 0.6) is 0 Å². The van der Waals surface area contributed by atoms with Gasteiger partial charge in [-0.25, -0.2) is 9.78 Å². The molecule has 0 amide bonds. The van der Waals surface area contributed by atoms with Crippen LogP contribution in [0.25, 0.3) is 0 Å². The van der Waals surface area contributed by atoms with E-state index in [-0.39, 0.29) is 17.6 Å². The van der Waals surface area contributed by atoms with Gasteiger partial charge in [-0.2, -0.15) is 0 Å². The molecule has 1 saturated heterocycles. The molecule has 31 heavy (non-hydrogen) atoms. The Hall–Kier alpha value is -2.42. The average molecular weight is 435 g/mol. The Bertz CT molecular complexity index is 787. The number of nitrogens with zero attached hydrogens (tertiary/aromatic N) is 3. The number of aromatic nitrogens is 1. The maximum Gasteiger partial charge on any atom is 0.326 e. The van der Waals surface area contributed by atoms with Crippen molar-refractivity contribution in [2.24, 2.45) is 17.8 Å². The minimum Gasteiger partial charge on any atom is -0.480 e. The van der Waals surface area contributed by atoms with E-state index in [1.54, 1.807) is 4.90 Å². The highest BCUT2D eigenvalue weighted by atomic mass is 16.6. The Balaban J connectivity index is 1.64. The number of aliphatic carboxylic acids is 1. The second-order valence-electron chi connectivity index (χ2n) is 9.15. The smallest absolute Gasteiger partial charge is 0.326 e. The van der Waals surface area contributed by atoms with Crippen molar-refractivity contribution in [1.29, 1.82) is 0 Å². The lowest BCUT2D eigenvalue weighted by atomic mass is 9.75. The maximum atomic E-state index is 11.5. The van der Waals surface area contributed by atoms with E-state index in [1.807, 2.05) is 0 Å². The van der Waals surface area contributed by atoms with Gasteiger partial charge in [-0.1, -0.05) is 27.2 Å². The zero-order chi connectivity index (χ0) is 22.5. The van der Waals surface area contributed by atoms with Crippen LogP contribution in [0.15, 0.2) is 12.1 Å². The van der Waals surface area contributed by atoms with E-state index < -0.39 is 16.9 Å². The van der Waals surface area contributed by atoms with Gasteiger partial charge in [0.25, 0.3) is 0 Å². The van der Waals surface area contributed by atoms with Gasteiger partial charge in [-0.15, -0.1) is 0 Å². The molecule has 2 fully saturated rings. The van der Waals surface area contributed by atoms with E-state index in [9.17, 15) is 20.0 Å². The molecule has 1 aliphatic heterocycles. The lowest BCUT2D eigenvalue weighted by molar-refractivity contribution is -0.384. The number of hydrogen-bond acceptors (Lipinski definition) is 7. The van der Waals surface area contributed by atoms with Gasteiger partial charge < -0.3 is 20.1 Å². The molecule has 1 aromatic rings. The van der Waals surface area contributed by atoms with E-state index in [4.69, 9.17) is 4.74 Å². The highest BCUT2D eigenvalue weighted by Crippen LogP contribution is 2.35. The van der Waals surface area contributed by atoms with Gasteiger partial charge >= 0.3 is 11.7 Å². The van der Waals surface area contributed by atoms with Crippen molar-refractivity contribution in [2.45, 2.75) is 65.0 Å². The van der Waals surface area contributed by atoms with Gasteiger partial charge in [0, 0.05) is 19.2 Å². The molecule has 2 aliphatic rings. The molecule has 1 saturated carbocycles. The van der Waals surface area contributed by atoms with Crippen LogP contribution >= 0.6 is 0 Å². The second-order valence-corrected chi connectivity index (χ2v) is 9.15. The fraction of sp³-hybridized carbons (Fsp3) is 0.727. The molecule has 2 heterocycles. The van der Waals surface area contributed by atoms with E-state index in [0.717, 1.165) is 12.8 Å². The Kier molecular flexibility index (Phi) is 7.69. The van der Waals surface area contributed by atoms with Crippen LogP contribution in [-0.4, -0.2) is 52.8 Å². The second kappa shape index (κ2) is 10.3. The first-order valence-corrected chi connectivity index (χ1v) is 11.3. The van der Waals surface area contributed by atoms with E-state index in [2.05, 4.69) is 31.1 Å². The van der Waals surface area contributed by atoms with Crippen molar-refractivity contribution in [1.82, 2.24) is 4.98 Å². The average Bonchev–Trinajstić information content (AvgIpc) is 3.21. The highest BCUT2D eigenvalue weighted by Gasteiger charge is 2.33. The number of carbonyl (C=O) groups is 1. The summed E-state index contributed by atoms with van der Waals surface area (Å²) in [7, 11) is 0. The van der Waals surface area contributed by atoms with Gasteiger partial charge in [-0.05, 0) is 49.5 Å². The monoisotopic (exact) mass is 434 g/mol. The van der Waals surface area contributed by atoms with Gasteiger partial charge in [0.15, 0.2) is 0 Å². The minimum atomic E-state index is -0.901. The summed E-state index contributed by atoms with van der Waals surface area (Å²) in [5.74, 6) is 1.44. The predicted molar refractivity (Wildman–Crippen MR) is 118 cm³/mol. The van der Waals surface area contributed by atoms with Crippen molar-refractivity contribution < 1.29 is 19.6 Å². The molecular formula is C22H34N4O5. The van der Waals surface area contributed by atoms with E-state index >= 15 is 0 Å². The fourth-order valence-electron chi connectivity index (χ4n) is 4.86. The van der Waals surface area contributed by atoms with E-state index in [1.165, 1.54) is 25.0 Å². The lowest BCUT2D eigenvalue weighted by Gasteiger charge is -2.37. The number of anilines is 2. The van der Waals surface area contributed by atoms with Gasteiger partial charge in [0.05, 0.1) is 17.6 Å². The number of ether oxygens (including phenoxy) is 1. The largest absolute Gasteiger partial charge is 0.480 e. The summed E-state index contributed by atoms with van der Waals surface area (Å²) >= 11 is 0. The van der Waals surface area contributed by atoms with Crippen LogP contribution in [0, 0.1) is 27.9 Å². The zero-order valence-electron chi connectivity index (χ0n) is 18.6. The van der Waals surface area contributed by atoms with Crippen LogP contribution in [-0.2, 0) is 9.53 Å². The predicted octanol–water partition coefficient (Wildman–Crippen LogP) is 3.93. The molecule has 0 aromatic carbocycles. The number of hydrogen-bond donors (Lipinski definition) is 2. The molecule has 0 spiro atoms. The zero-order valence-corrected chi connectivity index (χ0v) is 18.6. The first-order valence-electron chi connectivity index (χ1n) is 11.3. The molecule has 4 atom stereocenters. The maximum absolute atomic E-state index is 11.5. The quantitative estimate of drug-likeness (QED) is 0.341. The molecule has 0 radical (unpaired) electrons. The third-order valence-electron chi connectivity index (χ3n) is 6.58. The first-order chi connectivity index (χ1) is 14.8. The number of carboxylic acids is 1. The van der Waals surface area contributed by atoms with Gasteiger partial charge in [0.1, 0.15) is 11.9 Å². The van der Waals surface area contributed by atoms with Crippen LogP contribution < -0.4 is 10.2 Å². The van der Waals surface area contributed by atoms with E-state index in [0.29, 0.717) is 49.7 Å². The summed E-state index contributed by atoms with van der Waals surface area (Å²) < 4.78 is 6.18. The summed E-state index contributed by atoms with van der Waals surface area (Å²) in [5.41, 5.74) is -0.124. The number of carboxylic acid groups (broad SMARTS) is 1. The van der Waals surface area contributed by atoms with Gasteiger partial charge in [0.2, 0.25) is 5.82 Å². The first kappa shape index (κ1) is 23.2. The molecule has 0 bridgehead atoms. The number of nitrogens with one attached hydrogen (secondary N) is 1. The third kappa shape index (κ3) is 5.64. The molecule has 1 aliphatic carbocycles. The number of rotatable bonds is 9. The minimum absolute atomic E-state index is 0.124. The van der Waals surface area contributed by atoms with Crippen molar-refractivity contribution in [3.63, 3.8) is 0 Å².